The van der Waals surface area contributed by atoms with Crippen LogP contribution in [0.15, 0.2) is 30.5 Å². The number of nitrogens with zero attached hydrogens (tertiary/aromatic N) is 1. The van der Waals surface area contributed by atoms with Crippen molar-refractivity contribution in [3.05, 3.63) is 41.6 Å². The molecule has 0 bridgehead atoms. The Morgan fingerprint density at radius 1 is 1.29 bits per heavy atom. The van der Waals surface area contributed by atoms with Gasteiger partial charge in [-0.15, -0.1) is 0 Å². The Hall–Kier alpha value is -2.31. The molecule has 1 unspecified atom stereocenters. The van der Waals surface area contributed by atoms with E-state index in [1.165, 1.54) is 4.90 Å². The highest BCUT2D eigenvalue weighted by Crippen LogP contribution is 2.23. The van der Waals surface area contributed by atoms with Crippen LogP contribution in [0.3, 0.4) is 0 Å². The Morgan fingerprint density at radius 3 is 2.67 bits per heavy atom. The standard InChI is InChI=1S/C17H19F3N2O2/c1-11-5-6-12(2)13(10-11)21-16(24)14-4-3-8-22(14)9-7-15(23)17(18,19)20/h5-7,9-10,14H,3-4,8H2,1-2H3,(H,21,24). The smallest absolute Gasteiger partial charge is 0.365 e. The molecule has 1 aliphatic rings. The second-order valence-electron chi connectivity index (χ2n) is 5.88. The fourth-order valence-corrected chi connectivity index (χ4v) is 2.59. The predicted octanol–water partition coefficient (Wildman–Crippen LogP) is 3.35. The van der Waals surface area contributed by atoms with Gasteiger partial charge >= 0.3 is 6.18 Å². The summed E-state index contributed by atoms with van der Waals surface area (Å²) in [6.45, 7) is 4.21. The number of hydrogen-bond donors (Lipinski definition) is 1. The highest BCUT2D eigenvalue weighted by atomic mass is 19.4. The van der Waals surface area contributed by atoms with Crippen molar-refractivity contribution >= 4 is 17.4 Å². The molecule has 130 valence electrons. The monoisotopic (exact) mass is 340 g/mol. The third-order valence-electron chi connectivity index (χ3n) is 3.94. The summed E-state index contributed by atoms with van der Waals surface area (Å²) in [4.78, 5) is 24.8. The molecule has 1 aromatic carbocycles. The Kier molecular flexibility index (Phi) is 5.31. The number of benzene rings is 1. The normalized spacial score (nSPS) is 18.2. The average molecular weight is 340 g/mol. The van der Waals surface area contributed by atoms with E-state index in [2.05, 4.69) is 5.32 Å². The van der Waals surface area contributed by atoms with Crippen LogP contribution in [-0.2, 0) is 9.59 Å². The van der Waals surface area contributed by atoms with Crippen LogP contribution in [-0.4, -0.2) is 35.4 Å². The van der Waals surface area contributed by atoms with Gasteiger partial charge in [0, 0.05) is 24.5 Å². The van der Waals surface area contributed by atoms with Gasteiger partial charge in [0.05, 0.1) is 0 Å². The SMILES string of the molecule is Cc1ccc(C)c(NC(=O)C2CCCN2C=CC(=O)C(F)(F)F)c1. The van der Waals surface area contributed by atoms with Crippen molar-refractivity contribution in [3.63, 3.8) is 0 Å². The molecule has 1 aromatic rings. The molecule has 1 N–H and O–H groups in total. The van der Waals surface area contributed by atoms with Gasteiger partial charge in [0.15, 0.2) is 0 Å². The molecular formula is C17H19F3N2O2. The van der Waals surface area contributed by atoms with Gasteiger partial charge in [0.2, 0.25) is 5.91 Å². The second-order valence-corrected chi connectivity index (χ2v) is 5.88. The van der Waals surface area contributed by atoms with E-state index >= 15 is 0 Å². The topological polar surface area (TPSA) is 49.4 Å². The summed E-state index contributed by atoms with van der Waals surface area (Å²) in [5, 5.41) is 2.82. The summed E-state index contributed by atoms with van der Waals surface area (Å²) < 4.78 is 36.7. The van der Waals surface area contributed by atoms with E-state index in [9.17, 15) is 22.8 Å². The number of nitrogens with one attached hydrogen (secondary N) is 1. The van der Waals surface area contributed by atoms with Crippen molar-refractivity contribution in [3.8, 4) is 0 Å². The molecular weight excluding hydrogens is 321 g/mol. The van der Waals surface area contributed by atoms with Gasteiger partial charge in [-0.2, -0.15) is 13.2 Å². The van der Waals surface area contributed by atoms with E-state index < -0.39 is 18.0 Å². The number of anilines is 1. The number of halogens is 3. The maximum atomic E-state index is 12.4. The molecule has 0 radical (unpaired) electrons. The highest BCUT2D eigenvalue weighted by Gasteiger charge is 2.37. The maximum Gasteiger partial charge on any atom is 0.454 e. The van der Waals surface area contributed by atoms with E-state index in [1.807, 2.05) is 32.0 Å². The number of likely N-dealkylation sites (tertiary alicyclic amines) is 1. The summed E-state index contributed by atoms with van der Waals surface area (Å²) in [6, 6.07) is 5.08. The van der Waals surface area contributed by atoms with Gasteiger partial charge in [-0.3, -0.25) is 9.59 Å². The van der Waals surface area contributed by atoms with Crippen molar-refractivity contribution in [1.82, 2.24) is 4.90 Å². The van der Waals surface area contributed by atoms with E-state index in [-0.39, 0.29) is 5.91 Å². The third-order valence-corrected chi connectivity index (χ3v) is 3.94. The lowest BCUT2D eigenvalue weighted by atomic mass is 10.1. The lowest BCUT2D eigenvalue weighted by molar-refractivity contribution is -0.165. The molecule has 0 aliphatic carbocycles. The molecule has 2 rings (SSSR count). The zero-order chi connectivity index (χ0) is 17.9. The molecule has 1 fully saturated rings. The first-order valence-electron chi connectivity index (χ1n) is 7.61. The summed E-state index contributed by atoms with van der Waals surface area (Å²) in [6.07, 6.45) is -2.15. The van der Waals surface area contributed by atoms with Crippen LogP contribution in [0.1, 0.15) is 24.0 Å². The largest absolute Gasteiger partial charge is 0.454 e. The van der Waals surface area contributed by atoms with E-state index in [4.69, 9.17) is 0 Å². The van der Waals surface area contributed by atoms with Gasteiger partial charge in [-0.25, -0.2) is 0 Å². The Balaban J connectivity index is 2.07. The van der Waals surface area contributed by atoms with Gasteiger partial charge in [-0.05, 0) is 43.9 Å². The predicted molar refractivity (Wildman–Crippen MR) is 84.5 cm³/mol. The Bertz CT molecular complexity index is 668. The minimum atomic E-state index is -4.90. The van der Waals surface area contributed by atoms with Gasteiger partial charge in [0.1, 0.15) is 6.04 Å². The van der Waals surface area contributed by atoms with E-state index in [0.29, 0.717) is 31.1 Å². The molecule has 24 heavy (non-hydrogen) atoms. The van der Waals surface area contributed by atoms with Crippen LogP contribution in [0.4, 0.5) is 18.9 Å². The molecule has 0 spiro atoms. The Labute approximate surface area is 138 Å². The third kappa shape index (κ3) is 4.37. The van der Waals surface area contributed by atoms with Gasteiger partial charge < -0.3 is 10.2 Å². The van der Waals surface area contributed by atoms with Gasteiger partial charge in [-0.1, -0.05) is 12.1 Å². The molecule has 1 saturated heterocycles. The minimum absolute atomic E-state index is 0.287. The van der Waals surface area contributed by atoms with Crippen LogP contribution < -0.4 is 5.32 Å². The lowest BCUT2D eigenvalue weighted by Gasteiger charge is -2.22. The van der Waals surface area contributed by atoms with Crippen molar-refractivity contribution < 1.29 is 22.8 Å². The maximum absolute atomic E-state index is 12.4. The van der Waals surface area contributed by atoms with Crippen molar-refractivity contribution in [1.29, 1.82) is 0 Å². The molecule has 0 saturated carbocycles. The fraction of sp³-hybridized carbons (Fsp3) is 0.412. The molecule has 1 amide bonds. The number of carbonyl (C=O) groups excluding carboxylic acids is 2. The number of amides is 1. The first kappa shape index (κ1) is 18.0. The summed E-state index contributed by atoms with van der Waals surface area (Å²) in [7, 11) is 0. The highest BCUT2D eigenvalue weighted by molar-refractivity contribution is 5.96. The van der Waals surface area contributed by atoms with Crippen molar-refractivity contribution in [2.24, 2.45) is 0 Å². The quantitative estimate of drug-likeness (QED) is 0.855. The zero-order valence-corrected chi connectivity index (χ0v) is 13.5. The molecule has 0 aromatic heterocycles. The van der Waals surface area contributed by atoms with Gasteiger partial charge in [0.25, 0.3) is 5.78 Å². The second kappa shape index (κ2) is 7.07. The van der Waals surface area contributed by atoms with Crippen LogP contribution >= 0.6 is 0 Å². The summed E-state index contributed by atoms with van der Waals surface area (Å²) in [5.74, 6) is -2.21. The number of alkyl halides is 3. The molecule has 1 atom stereocenters. The molecule has 1 aliphatic heterocycles. The zero-order valence-electron chi connectivity index (χ0n) is 13.5. The van der Waals surface area contributed by atoms with Crippen molar-refractivity contribution in [2.75, 3.05) is 11.9 Å². The summed E-state index contributed by atoms with van der Waals surface area (Å²) in [5.41, 5.74) is 2.58. The number of ketones is 1. The van der Waals surface area contributed by atoms with E-state index in [1.54, 1.807) is 0 Å². The number of allylic oxidation sites excluding steroid dienone is 1. The molecule has 1 heterocycles. The number of carbonyl (C=O) groups is 2. The molecule has 4 nitrogen and oxygen atoms in total. The van der Waals surface area contributed by atoms with Crippen molar-refractivity contribution in [2.45, 2.75) is 38.9 Å². The minimum Gasteiger partial charge on any atom is -0.365 e. The first-order chi connectivity index (χ1) is 11.2. The van der Waals surface area contributed by atoms with Crippen LogP contribution in [0, 0.1) is 13.8 Å². The fourth-order valence-electron chi connectivity index (χ4n) is 2.59. The first-order valence-corrected chi connectivity index (χ1v) is 7.61. The summed E-state index contributed by atoms with van der Waals surface area (Å²) >= 11 is 0. The number of rotatable bonds is 4. The van der Waals surface area contributed by atoms with Crippen LogP contribution in [0.5, 0.6) is 0 Å². The van der Waals surface area contributed by atoms with E-state index in [0.717, 1.165) is 17.3 Å². The average Bonchev–Trinajstić information content (AvgIpc) is 2.96. The molecule has 7 heteroatoms. The van der Waals surface area contributed by atoms with Crippen LogP contribution in [0.25, 0.3) is 0 Å². The van der Waals surface area contributed by atoms with Crippen LogP contribution in [0.2, 0.25) is 0 Å². The lowest BCUT2D eigenvalue weighted by Crippen LogP contribution is -2.37. The Morgan fingerprint density at radius 2 is 2.00 bits per heavy atom. The number of hydrogen-bond acceptors (Lipinski definition) is 3. The number of aryl methyl sites for hydroxylation is 2.